The summed E-state index contributed by atoms with van der Waals surface area (Å²) in [5.74, 6) is -17.6. The number of aliphatic hydroxyl groups excluding tert-OH is 1. The number of primary amides is 1. The summed E-state index contributed by atoms with van der Waals surface area (Å²) in [6.07, 6.45) is 2.62. The van der Waals surface area contributed by atoms with Crippen LogP contribution in [0.2, 0.25) is 0 Å². The Morgan fingerprint density at radius 2 is 0.983 bits per heavy atom. The van der Waals surface area contributed by atoms with E-state index >= 15 is 19.2 Å². The molecule has 7 rings (SSSR count). The Hall–Kier alpha value is -12.2. The minimum Gasteiger partial charge on any atom is -0.481 e. The SMILES string of the molecule is CCCC[C@@H]1NC(=O)[C@H](Cc2c[nH]c3ccccc23)NC(=O)[C@@H](CC(=O)O)NC(=O)[C@H](CCCCN)NC(=O)CNC(=O)[C@H](CO)NC(=O)[C@H]([C@@H](C)CC)NC(=O)[C@H](Cc2ccc3ccccc3c2)NC(=O)CNC(=O)CSC[C@@H](C(N)=O)NC(=O)[C@H](C(C)C)NC(=O)[C@H](Cc2c[nH]c3ccccc23)NC(=O)[C@H](CCCNC(=N)N)NC1=O. The standard InChI is InChI=1S/C80H110N20O17S/c1-6-8-22-55-72(110)92-56(26-17-30-85-80(83)84)73(111)94-59(34-49-37-87-53-24-14-12-21-51(49)53)77(115)99-67(43(3)4)78(116)98-62(69(82)107)41-118-42-65(104)88-38-63(102)91-57(32-45-27-28-46-18-9-10-19-47(46)31-45)76(114)100-68(44(5)7-2)79(117)97-61(40-101)70(108)89-39-64(103)90-54(25-15-16-29-81)71(109)96-60(35-66(105)106)75(113)95-58(74(112)93-55)33-48-36-86-52-23-13-11-20-50(48)52/h9-14,18-21,23-24,27-28,31,36-37,43-44,54-62,67-68,86-87,101H,6-8,15-17,22,25-26,29-30,32-35,38-42,81H2,1-5H3,(H2,82,107)(H,88,104)(H,89,108)(H,90,103)(H,91,102)(H,92,110)(H,93,112)(H,94,111)(H,95,113)(H,96,109)(H,97,117)(H,98,116)(H,99,115)(H,100,114)(H,105,106)(H4,83,84,85)/t44-,54-,55-,56-,57-,58-,59-,60+,61-,62-,67-,68-/m0/s1. The first kappa shape index (κ1) is 93.0. The van der Waals surface area contributed by atoms with E-state index in [1.165, 1.54) is 0 Å². The normalized spacial score (nSPS) is 22.8. The lowest BCUT2D eigenvalue weighted by Crippen LogP contribution is -2.61. The van der Waals surface area contributed by atoms with Crippen LogP contribution in [0, 0.1) is 17.2 Å². The van der Waals surface area contributed by atoms with Gasteiger partial charge in [-0.1, -0.05) is 133 Å². The largest absolute Gasteiger partial charge is 0.481 e. The van der Waals surface area contributed by atoms with Gasteiger partial charge in [-0.3, -0.25) is 77.3 Å². The number of nitrogens with two attached hydrogens (primary N) is 3. The van der Waals surface area contributed by atoms with Gasteiger partial charge in [-0.25, -0.2) is 0 Å². The van der Waals surface area contributed by atoms with E-state index in [2.05, 4.69) is 84.4 Å². The van der Waals surface area contributed by atoms with Gasteiger partial charge in [0.25, 0.3) is 0 Å². The Labute approximate surface area is 685 Å². The summed E-state index contributed by atoms with van der Waals surface area (Å²) < 4.78 is 0. The number of guanidine groups is 1. The van der Waals surface area contributed by atoms with Gasteiger partial charge in [0.2, 0.25) is 82.7 Å². The first-order valence-electron chi connectivity index (χ1n) is 39.3. The fraction of sp³-hybridized carbons (Fsp3) is 0.475. The summed E-state index contributed by atoms with van der Waals surface area (Å²) >= 11 is 0.846. The topological polar surface area (TPSA) is 598 Å². The average molecular weight is 1660 g/mol. The lowest BCUT2D eigenvalue weighted by Gasteiger charge is -2.29. The van der Waals surface area contributed by atoms with Crippen molar-refractivity contribution in [1.29, 1.82) is 5.41 Å². The third-order valence-corrected chi connectivity index (χ3v) is 21.0. The highest BCUT2D eigenvalue weighted by Gasteiger charge is 2.39. The second kappa shape index (κ2) is 46.5. The molecule has 118 heavy (non-hydrogen) atoms. The Balaban J connectivity index is 1.25. The van der Waals surface area contributed by atoms with Crippen LogP contribution in [0.1, 0.15) is 116 Å². The number of aliphatic carboxylic acids is 1. The molecule has 0 bridgehead atoms. The van der Waals surface area contributed by atoms with Crippen molar-refractivity contribution in [3.8, 4) is 0 Å². The van der Waals surface area contributed by atoms with Crippen molar-refractivity contribution < 1.29 is 82.1 Å². The van der Waals surface area contributed by atoms with Crippen LogP contribution in [0.3, 0.4) is 0 Å². The van der Waals surface area contributed by atoms with E-state index in [9.17, 15) is 63.0 Å². The van der Waals surface area contributed by atoms with Crippen molar-refractivity contribution in [3.63, 3.8) is 0 Å². The lowest BCUT2D eigenvalue weighted by molar-refractivity contribution is -0.141. The minimum atomic E-state index is -1.97. The number of para-hydroxylation sites is 2. The molecule has 0 saturated carbocycles. The van der Waals surface area contributed by atoms with Crippen molar-refractivity contribution in [3.05, 3.63) is 120 Å². The quantitative estimate of drug-likeness (QED) is 0.0184. The lowest BCUT2D eigenvalue weighted by atomic mass is 9.96. The Morgan fingerprint density at radius 1 is 0.508 bits per heavy atom. The molecule has 3 heterocycles. The zero-order valence-electron chi connectivity index (χ0n) is 66.6. The van der Waals surface area contributed by atoms with Crippen LogP contribution in [0.15, 0.2) is 103 Å². The molecule has 1 saturated heterocycles. The maximum atomic E-state index is 15.1. The summed E-state index contributed by atoms with van der Waals surface area (Å²) in [6.45, 7) is 5.87. The molecule has 0 radical (unpaired) electrons. The fourth-order valence-electron chi connectivity index (χ4n) is 13.2. The number of nitrogens with one attached hydrogen (secondary N) is 17. The molecule has 0 aliphatic carbocycles. The fourth-order valence-corrected chi connectivity index (χ4v) is 14.1. The number of aromatic nitrogens is 2. The Kier molecular flexibility index (Phi) is 36.7. The molecule has 4 aromatic carbocycles. The zero-order chi connectivity index (χ0) is 86.1. The van der Waals surface area contributed by atoms with Gasteiger partial charge in [0.05, 0.1) is 31.9 Å². The molecular formula is C80H110N20O17S. The molecule has 37 nitrogen and oxygen atoms in total. The predicted octanol–water partition coefficient (Wildman–Crippen LogP) is -1.62. The average Bonchev–Trinajstić information content (AvgIpc) is 1.60. The van der Waals surface area contributed by atoms with Crippen molar-refractivity contribution in [2.75, 3.05) is 44.3 Å². The first-order valence-corrected chi connectivity index (χ1v) is 40.5. The Bertz CT molecular complexity index is 4550. The molecule has 14 amide bonds. The number of aromatic amines is 2. The summed E-state index contributed by atoms with van der Waals surface area (Å²) in [5, 5.41) is 67.7. The summed E-state index contributed by atoms with van der Waals surface area (Å²) in [5.41, 5.74) is 20.1. The smallest absolute Gasteiger partial charge is 0.305 e. The van der Waals surface area contributed by atoms with E-state index in [1.54, 1.807) is 107 Å². The number of benzene rings is 4. The number of thioether (sulfide) groups is 1. The number of unbranched alkanes of at least 4 members (excludes halogenated alkanes) is 2. The second-order valence-corrected chi connectivity index (χ2v) is 30.4. The highest BCUT2D eigenvalue weighted by atomic mass is 32.2. The van der Waals surface area contributed by atoms with Crippen molar-refractivity contribution >= 4 is 139 Å². The predicted molar refractivity (Wildman–Crippen MR) is 441 cm³/mol. The number of fused-ring (bicyclic) bond motifs is 3. The molecule has 1 fully saturated rings. The van der Waals surface area contributed by atoms with Crippen LogP contribution >= 0.6 is 11.8 Å². The van der Waals surface area contributed by atoms with Gasteiger partial charge in [0, 0.05) is 65.8 Å². The number of carboxylic acid groups (broad SMARTS) is 1. The number of hydrogen-bond acceptors (Lipinski definition) is 19. The van der Waals surface area contributed by atoms with E-state index in [0.29, 0.717) is 57.8 Å². The van der Waals surface area contributed by atoms with Crippen LogP contribution < -0.4 is 91.6 Å². The molecule has 25 N–H and O–H groups in total. The van der Waals surface area contributed by atoms with Crippen molar-refractivity contribution in [1.82, 2.24) is 84.4 Å². The monoisotopic (exact) mass is 1650 g/mol. The van der Waals surface area contributed by atoms with Crippen LogP contribution in [-0.4, -0.2) is 226 Å². The number of carboxylic acids is 1. The number of rotatable bonds is 24. The van der Waals surface area contributed by atoms with Crippen LogP contribution in [-0.2, 0) is 91.2 Å². The van der Waals surface area contributed by atoms with Gasteiger partial charge in [0.15, 0.2) is 5.96 Å². The third kappa shape index (κ3) is 28.6. The first-order chi connectivity index (χ1) is 56.4. The van der Waals surface area contributed by atoms with E-state index in [-0.39, 0.29) is 76.6 Å². The number of H-pyrrole nitrogens is 2. The van der Waals surface area contributed by atoms with E-state index in [1.807, 2.05) is 31.2 Å². The molecule has 1 aliphatic rings. The van der Waals surface area contributed by atoms with E-state index in [0.717, 1.165) is 22.5 Å². The van der Waals surface area contributed by atoms with Crippen LogP contribution in [0.4, 0.5) is 0 Å². The molecule has 38 heteroatoms. The van der Waals surface area contributed by atoms with Gasteiger partial charge >= 0.3 is 5.97 Å². The van der Waals surface area contributed by atoms with Gasteiger partial charge in [-0.05, 0) is 96.5 Å². The van der Waals surface area contributed by atoms with Gasteiger partial charge < -0.3 is 112 Å². The zero-order valence-corrected chi connectivity index (χ0v) is 67.4. The maximum absolute atomic E-state index is 15.1. The molecule has 2 aromatic heterocycles. The Morgan fingerprint density at radius 3 is 1.53 bits per heavy atom. The highest BCUT2D eigenvalue weighted by Crippen LogP contribution is 2.24. The molecule has 6 aromatic rings. The molecule has 12 atom stereocenters. The number of amides is 14. The van der Waals surface area contributed by atoms with Gasteiger partial charge in [-0.2, -0.15) is 0 Å². The van der Waals surface area contributed by atoms with E-state index < -0.39 is 205 Å². The maximum Gasteiger partial charge on any atom is 0.305 e. The molecule has 0 unspecified atom stereocenters. The van der Waals surface area contributed by atoms with Crippen LogP contribution in [0.25, 0.3) is 32.6 Å². The number of hydrogen-bond donors (Lipinski definition) is 22. The summed E-state index contributed by atoms with van der Waals surface area (Å²) in [4.78, 5) is 220. The molecule has 638 valence electrons. The second-order valence-electron chi connectivity index (χ2n) is 29.4. The van der Waals surface area contributed by atoms with Gasteiger partial charge in [0.1, 0.15) is 66.5 Å². The van der Waals surface area contributed by atoms with Crippen molar-refractivity contribution in [2.24, 2.45) is 29.0 Å². The number of aliphatic hydroxyl groups is 1. The highest BCUT2D eigenvalue weighted by molar-refractivity contribution is 8.00. The molecule has 1 aliphatic heterocycles. The third-order valence-electron chi connectivity index (χ3n) is 20.0. The summed E-state index contributed by atoms with van der Waals surface area (Å²) in [7, 11) is 0. The number of carbonyl (C=O) groups excluding carboxylic acids is 14. The molecular weight excluding hydrogens is 1550 g/mol. The number of carbonyl (C=O) groups is 15. The van der Waals surface area contributed by atoms with Crippen molar-refractivity contribution in [2.45, 2.75) is 185 Å². The minimum absolute atomic E-state index is 0.0133. The molecule has 0 spiro atoms. The van der Waals surface area contributed by atoms with Gasteiger partial charge in [-0.15, -0.1) is 11.8 Å². The van der Waals surface area contributed by atoms with E-state index in [4.69, 9.17) is 22.6 Å². The van der Waals surface area contributed by atoms with Crippen LogP contribution in [0.5, 0.6) is 0 Å². The summed E-state index contributed by atoms with van der Waals surface area (Å²) in [6, 6.07) is 9.52.